The van der Waals surface area contributed by atoms with E-state index in [9.17, 15) is 0 Å². The summed E-state index contributed by atoms with van der Waals surface area (Å²) < 4.78 is 0. The Bertz CT molecular complexity index is 834. The fourth-order valence-electron chi connectivity index (χ4n) is 3.48. The molecule has 1 aromatic heterocycles. The predicted molar refractivity (Wildman–Crippen MR) is 84.2 cm³/mol. The zero-order valence-corrected chi connectivity index (χ0v) is 11.8. The van der Waals surface area contributed by atoms with Gasteiger partial charge in [-0.1, -0.05) is 30.3 Å². The molecule has 0 saturated carbocycles. The molecule has 0 amide bonds. The SMILES string of the molecule is N#Cc1ccc(C2CCc3[nH]c4ccccc4c3C2)cc1. The van der Waals surface area contributed by atoms with Crippen LogP contribution in [0.2, 0.25) is 0 Å². The Kier molecular flexibility index (Phi) is 2.79. The number of aromatic nitrogens is 1. The third-order valence-corrected chi connectivity index (χ3v) is 4.61. The monoisotopic (exact) mass is 272 g/mol. The Hall–Kier alpha value is -2.53. The lowest BCUT2D eigenvalue weighted by Crippen LogP contribution is -2.12. The number of para-hydroxylation sites is 1. The molecule has 1 aliphatic carbocycles. The van der Waals surface area contributed by atoms with E-state index in [1.165, 1.54) is 34.1 Å². The first-order chi connectivity index (χ1) is 10.3. The van der Waals surface area contributed by atoms with Crippen LogP contribution in [0, 0.1) is 11.3 Å². The summed E-state index contributed by atoms with van der Waals surface area (Å²) in [7, 11) is 0. The standard InChI is InChI=1S/C19H16N2/c20-12-13-5-7-14(8-6-13)15-9-10-19-17(11-15)16-3-1-2-4-18(16)21-19/h1-8,15,21H,9-11H2. The van der Waals surface area contributed by atoms with E-state index in [1.807, 2.05) is 12.1 Å². The molecule has 102 valence electrons. The molecular weight excluding hydrogens is 256 g/mol. The molecule has 0 aliphatic heterocycles. The zero-order chi connectivity index (χ0) is 14.2. The van der Waals surface area contributed by atoms with Gasteiger partial charge in [0.05, 0.1) is 11.6 Å². The Morgan fingerprint density at radius 3 is 2.67 bits per heavy atom. The highest BCUT2D eigenvalue weighted by Crippen LogP contribution is 2.36. The second kappa shape index (κ2) is 4.79. The molecule has 1 heterocycles. The van der Waals surface area contributed by atoms with Gasteiger partial charge in [-0.25, -0.2) is 0 Å². The molecular formula is C19H16N2. The number of nitriles is 1. The lowest BCUT2D eigenvalue weighted by Gasteiger charge is -2.23. The molecule has 0 saturated heterocycles. The average molecular weight is 272 g/mol. The van der Waals surface area contributed by atoms with Gasteiger partial charge in [0.15, 0.2) is 0 Å². The second-order valence-corrected chi connectivity index (χ2v) is 5.80. The lowest BCUT2D eigenvalue weighted by molar-refractivity contribution is 0.582. The fourth-order valence-corrected chi connectivity index (χ4v) is 3.48. The minimum Gasteiger partial charge on any atom is -0.358 e. The van der Waals surface area contributed by atoms with E-state index in [2.05, 4.69) is 47.5 Å². The number of fused-ring (bicyclic) bond motifs is 3. The summed E-state index contributed by atoms with van der Waals surface area (Å²) in [4.78, 5) is 3.56. The molecule has 2 nitrogen and oxygen atoms in total. The number of hydrogen-bond donors (Lipinski definition) is 1. The number of nitrogens with zero attached hydrogens (tertiary/aromatic N) is 1. The summed E-state index contributed by atoms with van der Waals surface area (Å²) in [5, 5.41) is 10.3. The van der Waals surface area contributed by atoms with Crippen LogP contribution in [0.4, 0.5) is 0 Å². The summed E-state index contributed by atoms with van der Waals surface area (Å²) in [6.07, 6.45) is 3.37. The highest BCUT2D eigenvalue weighted by atomic mass is 14.7. The van der Waals surface area contributed by atoms with E-state index >= 15 is 0 Å². The van der Waals surface area contributed by atoms with Crippen molar-refractivity contribution in [2.75, 3.05) is 0 Å². The predicted octanol–water partition coefficient (Wildman–Crippen LogP) is 4.31. The highest BCUT2D eigenvalue weighted by molar-refractivity contribution is 5.85. The van der Waals surface area contributed by atoms with Crippen molar-refractivity contribution in [3.8, 4) is 6.07 Å². The van der Waals surface area contributed by atoms with Gasteiger partial charge in [0.2, 0.25) is 0 Å². The third-order valence-electron chi connectivity index (χ3n) is 4.61. The van der Waals surface area contributed by atoms with E-state index in [1.54, 1.807) is 0 Å². The first-order valence-corrected chi connectivity index (χ1v) is 7.43. The molecule has 1 atom stereocenters. The van der Waals surface area contributed by atoms with Crippen molar-refractivity contribution in [1.82, 2.24) is 4.98 Å². The quantitative estimate of drug-likeness (QED) is 0.704. The largest absolute Gasteiger partial charge is 0.358 e. The van der Waals surface area contributed by atoms with E-state index in [4.69, 9.17) is 5.26 Å². The number of nitrogens with one attached hydrogen (secondary N) is 1. The number of aromatic amines is 1. The summed E-state index contributed by atoms with van der Waals surface area (Å²) in [5.41, 5.74) is 6.22. The molecule has 0 bridgehead atoms. The average Bonchev–Trinajstić information content (AvgIpc) is 2.93. The van der Waals surface area contributed by atoms with Gasteiger partial charge in [0, 0.05) is 16.6 Å². The van der Waals surface area contributed by atoms with Gasteiger partial charge in [-0.15, -0.1) is 0 Å². The van der Waals surface area contributed by atoms with E-state index in [0.29, 0.717) is 5.92 Å². The van der Waals surface area contributed by atoms with Crippen molar-refractivity contribution >= 4 is 10.9 Å². The minimum atomic E-state index is 0.560. The van der Waals surface area contributed by atoms with E-state index in [0.717, 1.165) is 18.4 Å². The molecule has 0 fully saturated rings. The summed E-state index contributed by atoms with van der Waals surface area (Å²) >= 11 is 0. The van der Waals surface area contributed by atoms with Crippen molar-refractivity contribution < 1.29 is 0 Å². The van der Waals surface area contributed by atoms with Gasteiger partial charge in [0.1, 0.15) is 0 Å². The van der Waals surface area contributed by atoms with Gasteiger partial charge in [-0.2, -0.15) is 5.26 Å². The zero-order valence-electron chi connectivity index (χ0n) is 11.8. The molecule has 1 N–H and O–H groups in total. The normalized spacial score (nSPS) is 17.4. The van der Waals surface area contributed by atoms with Crippen molar-refractivity contribution in [3.63, 3.8) is 0 Å². The van der Waals surface area contributed by atoms with Crippen molar-refractivity contribution in [2.24, 2.45) is 0 Å². The first-order valence-electron chi connectivity index (χ1n) is 7.43. The topological polar surface area (TPSA) is 39.6 Å². The minimum absolute atomic E-state index is 0.560. The Morgan fingerprint density at radius 2 is 1.86 bits per heavy atom. The summed E-state index contributed by atoms with van der Waals surface area (Å²) in [6, 6.07) is 18.8. The number of hydrogen-bond acceptors (Lipinski definition) is 1. The number of benzene rings is 2. The van der Waals surface area contributed by atoms with Crippen LogP contribution >= 0.6 is 0 Å². The molecule has 2 heteroatoms. The van der Waals surface area contributed by atoms with E-state index < -0.39 is 0 Å². The maximum Gasteiger partial charge on any atom is 0.0991 e. The van der Waals surface area contributed by atoms with Crippen LogP contribution in [0.3, 0.4) is 0 Å². The second-order valence-electron chi connectivity index (χ2n) is 5.80. The fraction of sp³-hybridized carbons (Fsp3) is 0.211. The van der Waals surface area contributed by atoms with Gasteiger partial charge in [-0.3, -0.25) is 0 Å². The molecule has 0 spiro atoms. The molecule has 4 rings (SSSR count). The van der Waals surface area contributed by atoms with Gasteiger partial charge >= 0.3 is 0 Å². The Morgan fingerprint density at radius 1 is 1.05 bits per heavy atom. The Labute approximate surface area is 124 Å². The smallest absolute Gasteiger partial charge is 0.0991 e. The summed E-state index contributed by atoms with van der Waals surface area (Å²) in [6.45, 7) is 0. The third kappa shape index (κ3) is 2.02. The molecule has 1 aliphatic rings. The maximum absolute atomic E-state index is 8.91. The van der Waals surface area contributed by atoms with Crippen LogP contribution in [-0.4, -0.2) is 4.98 Å². The van der Waals surface area contributed by atoms with E-state index in [-0.39, 0.29) is 0 Å². The molecule has 21 heavy (non-hydrogen) atoms. The lowest BCUT2D eigenvalue weighted by atomic mass is 9.82. The molecule has 1 unspecified atom stereocenters. The number of aryl methyl sites for hydroxylation is 1. The van der Waals surface area contributed by atoms with Crippen molar-refractivity contribution in [3.05, 3.63) is 70.9 Å². The van der Waals surface area contributed by atoms with Crippen molar-refractivity contribution in [2.45, 2.75) is 25.2 Å². The van der Waals surface area contributed by atoms with Crippen LogP contribution in [0.25, 0.3) is 10.9 Å². The van der Waals surface area contributed by atoms with Crippen LogP contribution in [0.15, 0.2) is 48.5 Å². The van der Waals surface area contributed by atoms with Crippen LogP contribution in [0.1, 0.15) is 34.7 Å². The highest BCUT2D eigenvalue weighted by Gasteiger charge is 2.23. The van der Waals surface area contributed by atoms with Crippen LogP contribution < -0.4 is 0 Å². The maximum atomic E-state index is 8.91. The van der Waals surface area contributed by atoms with Gasteiger partial charge < -0.3 is 4.98 Å². The molecule has 3 aromatic rings. The summed E-state index contributed by atoms with van der Waals surface area (Å²) in [5.74, 6) is 0.560. The van der Waals surface area contributed by atoms with Crippen LogP contribution in [-0.2, 0) is 12.8 Å². The van der Waals surface area contributed by atoms with Crippen LogP contribution in [0.5, 0.6) is 0 Å². The van der Waals surface area contributed by atoms with Gasteiger partial charge in [-0.05, 0) is 54.5 Å². The number of rotatable bonds is 1. The van der Waals surface area contributed by atoms with Crippen molar-refractivity contribution in [1.29, 1.82) is 5.26 Å². The van der Waals surface area contributed by atoms with Gasteiger partial charge in [0.25, 0.3) is 0 Å². The first kappa shape index (κ1) is 12.2. The molecule has 0 radical (unpaired) electrons. The number of H-pyrrole nitrogens is 1. The Balaban J connectivity index is 1.71. The molecule has 2 aromatic carbocycles.